The number of para-hydroxylation sites is 1. The van der Waals surface area contributed by atoms with E-state index in [0.717, 1.165) is 26.2 Å². The molecule has 5 nitrogen and oxygen atoms in total. The lowest BCUT2D eigenvalue weighted by Crippen LogP contribution is -2.47. The molecule has 2 heterocycles. The van der Waals surface area contributed by atoms with E-state index >= 15 is 0 Å². The van der Waals surface area contributed by atoms with Crippen LogP contribution in [0.4, 0.5) is 11.4 Å². The minimum atomic E-state index is -0.976. The number of rotatable bonds is 3. The SMILES string of the molecule is O=C(O)c1ncccc1N1CCN(c2ccccc2)CC1. The van der Waals surface area contributed by atoms with Crippen LogP contribution in [0.2, 0.25) is 0 Å². The zero-order valence-corrected chi connectivity index (χ0v) is 11.6. The number of anilines is 2. The molecule has 2 aromatic rings. The highest BCUT2D eigenvalue weighted by atomic mass is 16.4. The molecule has 108 valence electrons. The highest BCUT2D eigenvalue weighted by Gasteiger charge is 2.21. The fraction of sp³-hybridized carbons (Fsp3) is 0.250. The van der Waals surface area contributed by atoms with Crippen molar-refractivity contribution in [3.63, 3.8) is 0 Å². The average molecular weight is 283 g/mol. The zero-order chi connectivity index (χ0) is 14.7. The Morgan fingerprint density at radius 3 is 2.29 bits per heavy atom. The monoisotopic (exact) mass is 283 g/mol. The van der Waals surface area contributed by atoms with E-state index < -0.39 is 5.97 Å². The lowest BCUT2D eigenvalue weighted by atomic mass is 10.2. The standard InChI is InChI=1S/C16H17N3O2/c20-16(21)15-14(7-4-8-17-15)19-11-9-18(10-12-19)13-5-2-1-3-6-13/h1-8H,9-12H2,(H,20,21). The molecule has 0 aliphatic carbocycles. The molecule has 3 rings (SSSR count). The van der Waals surface area contributed by atoms with Crippen molar-refractivity contribution in [3.05, 3.63) is 54.4 Å². The predicted octanol–water partition coefficient (Wildman–Crippen LogP) is 2.11. The summed E-state index contributed by atoms with van der Waals surface area (Å²) in [5, 5.41) is 9.23. The highest BCUT2D eigenvalue weighted by molar-refractivity contribution is 5.92. The number of hydrogen-bond donors (Lipinski definition) is 1. The van der Waals surface area contributed by atoms with Gasteiger partial charge in [0.2, 0.25) is 0 Å². The number of hydrogen-bond acceptors (Lipinski definition) is 4. The fourth-order valence-corrected chi connectivity index (χ4v) is 2.66. The van der Waals surface area contributed by atoms with Crippen LogP contribution in [0.3, 0.4) is 0 Å². The number of aromatic nitrogens is 1. The molecule has 0 atom stereocenters. The van der Waals surface area contributed by atoms with E-state index in [1.54, 1.807) is 6.07 Å². The first-order valence-electron chi connectivity index (χ1n) is 6.99. The molecule has 1 saturated heterocycles. The number of carboxylic acids is 1. The van der Waals surface area contributed by atoms with E-state index in [0.29, 0.717) is 5.69 Å². The van der Waals surface area contributed by atoms with Crippen molar-refractivity contribution < 1.29 is 9.90 Å². The maximum Gasteiger partial charge on any atom is 0.356 e. The van der Waals surface area contributed by atoms with Crippen molar-refractivity contribution in [2.75, 3.05) is 36.0 Å². The largest absolute Gasteiger partial charge is 0.476 e. The van der Waals surface area contributed by atoms with Crippen LogP contribution in [-0.2, 0) is 0 Å². The molecule has 0 saturated carbocycles. The summed E-state index contributed by atoms with van der Waals surface area (Å²) < 4.78 is 0. The molecule has 0 spiro atoms. The van der Waals surface area contributed by atoms with Crippen LogP contribution < -0.4 is 9.80 Å². The molecule has 1 aromatic heterocycles. The third-order valence-corrected chi connectivity index (χ3v) is 3.73. The lowest BCUT2D eigenvalue weighted by molar-refractivity contribution is 0.0691. The van der Waals surface area contributed by atoms with Crippen molar-refractivity contribution in [2.24, 2.45) is 0 Å². The first-order chi connectivity index (χ1) is 10.3. The van der Waals surface area contributed by atoms with E-state index in [2.05, 4.69) is 26.9 Å². The third-order valence-electron chi connectivity index (χ3n) is 3.73. The van der Waals surface area contributed by atoms with Gasteiger partial charge >= 0.3 is 5.97 Å². The normalized spacial score (nSPS) is 15.0. The molecule has 1 aliphatic rings. The predicted molar refractivity (Wildman–Crippen MR) is 82.1 cm³/mol. The second-order valence-electron chi connectivity index (χ2n) is 4.99. The van der Waals surface area contributed by atoms with Gasteiger partial charge in [0.15, 0.2) is 5.69 Å². The number of carbonyl (C=O) groups is 1. The molecule has 1 aliphatic heterocycles. The van der Waals surface area contributed by atoms with Crippen LogP contribution in [0.15, 0.2) is 48.7 Å². The fourth-order valence-electron chi connectivity index (χ4n) is 2.66. The molecular weight excluding hydrogens is 266 g/mol. The Labute approximate surface area is 123 Å². The Morgan fingerprint density at radius 1 is 0.952 bits per heavy atom. The highest BCUT2D eigenvalue weighted by Crippen LogP contribution is 2.22. The number of carboxylic acid groups (broad SMARTS) is 1. The molecule has 0 radical (unpaired) electrons. The van der Waals surface area contributed by atoms with Gasteiger partial charge in [-0.25, -0.2) is 9.78 Å². The second-order valence-corrected chi connectivity index (χ2v) is 4.99. The van der Waals surface area contributed by atoms with Crippen LogP contribution in [0.25, 0.3) is 0 Å². The Hall–Kier alpha value is -2.56. The van der Waals surface area contributed by atoms with Crippen molar-refractivity contribution in [1.82, 2.24) is 4.98 Å². The quantitative estimate of drug-likeness (QED) is 0.935. The summed E-state index contributed by atoms with van der Waals surface area (Å²) in [4.78, 5) is 19.6. The summed E-state index contributed by atoms with van der Waals surface area (Å²) in [6.45, 7) is 3.33. The molecule has 0 unspecified atom stereocenters. The minimum absolute atomic E-state index is 0.130. The van der Waals surface area contributed by atoms with E-state index in [9.17, 15) is 9.90 Å². The van der Waals surface area contributed by atoms with Crippen molar-refractivity contribution in [2.45, 2.75) is 0 Å². The summed E-state index contributed by atoms with van der Waals surface area (Å²) in [5.41, 5.74) is 2.05. The number of aromatic carboxylic acids is 1. The Bertz CT molecular complexity index is 622. The van der Waals surface area contributed by atoms with Gasteiger partial charge in [-0.05, 0) is 24.3 Å². The van der Waals surface area contributed by atoms with Gasteiger partial charge in [-0.2, -0.15) is 0 Å². The van der Waals surface area contributed by atoms with Crippen LogP contribution >= 0.6 is 0 Å². The topological polar surface area (TPSA) is 56.7 Å². The molecule has 1 fully saturated rings. The number of benzene rings is 1. The van der Waals surface area contributed by atoms with E-state index in [1.165, 1.54) is 11.9 Å². The number of pyridine rings is 1. The summed E-state index contributed by atoms with van der Waals surface area (Å²) in [7, 11) is 0. The maximum atomic E-state index is 11.3. The molecule has 5 heteroatoms. The van der Waals surface area contributed by atoms with Gasteiger partial charge in [0.05, 0.1) is 5.69 Å². The molecule has 1 N–H and O–H groups in total. The van der Waals surface area contributed by atoms with Gasteiger partial charge in [0.1, 0.15) is 0 Å². The molecule has 0 amide bonds. The van der Waals surface area contributed by atoms with Gasteiger partial charge in [-0.3, -0.25) is 0 Å². The first-order valence-corrected chi connectivity index (χ1v) is 6.99. The van der Waals surface area contributed by atoms with Crippen LogP contribution in [0.5, 0.6) is 0 Å². The van der Waals surface area contributed by atoms with Crippen LogP contribution in [0.1, 0.15) is 10.5 Å². The van der Waals surface area contributed by atoms with Crippen LogP contribution in [0, 0.1) is 0 Å². The Balaban J connectivity index is 1.73. The average Bonchev–Trinajstić information content (AvgIpc) is 2.56. The van der Waals surface area contributed by atoms with Crippen LogP contribution in [-0.4, -0.2) is 42.2 Å². The van der Waals surface area contributed by atoms with Gasteiger partial charge in [0, 0.05) is 38.1 Å². The van der Waals surface area contributed by atoms with E-state index in [1.807, 2.05) is 24.3 Å². The Morgan fingerprint density at radius 2 is 1.62 bits per heavy atom. The smallest absolute Gasteiger partial charge is 0.356 e. The van der Waals surface area contributed by atoms with Gasteiger partial charge in [-0.1, -0.05) is 18.2 Å². The van der Waals surface area contributed by atoms with Crippen molar-refractivity contribution >= 4 is 17.3 Å². The Kier molecular flexibility index (Phi) is 3.73. The summed E-state index contributed by atoms with van der Waals surface area (Å²) in [6.07, 6.45) is 1.52. The van der Waals surface area contributed by atoms with E-state index in [-0.39, 0.29) is 5.69 Å². The third kappa shape index (κ3) is 2.81. The molecule has 0 bridgehead atoms. The summed E-state index contributed by atoms with van der Waals surface area (Å²) >= 11 is 0. The van der Waals surface area contributed by atoms with Gasteiger partial charge in [0.25, 0.3) is 0 Å². The molecular formula is C16H17N3O2. The minimum Gasteiger partial charge on any atom is -0.476 e. The first kappa shape index (κ1) is 13.4. The number of piperazine rings is 1. The summed E-state index contributed by atoms with van der Waals surface area (Å²) in [6, 6.07) is 13.9. The lowest BCUT2D eigenvalue weighted by Gasteiger charge is -2.37. The molecule has 1 aromatic carbocycles. The number of nitrogens with zero attached hydrogens (tertiary/aromatic N) is 3. The summed E-state index contributed by atoms with van der Waals surface area (Å²) in [5.74, 6) is -0.976. The second kappa shape index (κ2) is 5.83. The maximum absolute atomic E-state index is 11.3. The van der Waals surface area contributed by atoms with Crippen molar-refractivity contribution in [3.8, 4) is 0 Å². The van der Waals surface area contributed by atoms with Crippen molar-refractivity contribution in [1.29, 1.82) is 0 Å². The zero-order valence-electron chi connectivity index (χ0n) is 11.6. The van der Waals surface area contributed by atoms with Gasteiger partial charge in [-0.15, -0.1) is 0 Å². The van der Waals surface area contributed by atoms with E-state index in [4.69, 9.17) is 0 Å². The molecule has 21 heavy (non-hydrogen) atoms. The van der Waals surface area contributed by atoms with Gasteiger partial charge < -0.3 is 14.9 Å².